The Hall–Kier alpha value is -1.08. The van der Waals surface area contributed by atoms with Gasteiger partial charge in [0.1, 0.15) is 5.82 Å². The molecule has 0 heterocycles. The molecule has 0 saturated heterocycles. The van der Waals surface area contributed by atoms with Crippen LogP contribution in [0.25, 0.3) is 5.57 Å². The third-order valence-corrected chi connectivity index (χ3v) is 4.88. The number of halogens is 8. The topological polar surface area (TPSA) is 17.1 Å². The number of ketones is 1. The van der Waals surface area contributed by atoms with Crippen LogP contribution in [-0.2, 0) is 0 Å². The van der Waals surface area contributed by atoms with Crippen molar-refractivity contribution >= 4 is 62.1 Å². The van der Waals surface area contributed by atoms with Crippen LogP contribution in [0.1, 0.15) is 15.9 Å². The highest BCUT2D eigenvalue weighted by Gasteiger charge is 2.36. The number of hydrogen-bond acceptors (Lipinski definition) is 1. The predicted molar refractivity (Wildman–Crippen MR) is 93.9 cm³/mol. The number of hydrogen-bond donors (Lipinski definition) is 0. The minimum absolute atomic E-state index is 0.0436. The average Bonchev–Trinajstić information content (AvgIpc) is 2.51. The molecule has 0 spiro atoms. The molecule has 0 unspecified atom stereocenters. The van der Waals surface area contributed by atoms with E-state index >= 15 is 0 Å². The van der Waals surface area contributed by atoms with Gasteiger partial charge in [-0.3, -0.25) is 4.79 Å². The SMILES string of the molecule is O=C(/C=C(/c1cc(Cl)c(Cl)c(Cl)c1)C(F)(F)F)c1ccc(F)c(Br)c1. The van der Waals surface area contributed by atoms with Crippen LogP contribution in [0.5, 0.6) is 0 Å². The van der Waals surface area contributed by atoms with Crippen molar-refractivity contribution in [3.8, 4) is 0 Å². The van der Waals surface area contributed by atoms with Gasteiger partial charge in [-0.25, -0.2) is 4.39 Å². The fraction of sp³-hybridized carbons (Fsp3) is 0.0625. The standard InChI is InChI=1S/C16H6BrCl3F4O/c17-10-3-7(1-2-13(10)21)14(25)6-9(16(22,23)24)8-4-11(18)15(20)12(19)5-8/h1-6H/b9-6-. The molecule has 0 fully saturated rings. The van der Waals surface area contributed by atoms with Crippen molar-refractivity contribution < 1.29 is 22.4 Å². The first-order valence-corrected chi connectivity index (χ1v) is 8.36. The molecule has 132 valence electrons. The summed E-state index contributed by atoms with van der Waals surface area (Å²) in [4.78, 5) is 12.2. The Morgan fingerprint density at radius 2 is 1.56 bits per heavy atom. The summed E-state index contributed by atoms with van der Waals surface area (Å²) < 4.78 is 53.3. The molecule has 0 N–H and O–H groups in total. The Bertz CT molecular complexity index is 855. The summed E-state index contributed by atoms with van der Waals surface area (Å²) in [6.45, 7) is 0. The van der Waals surface area contributed by atoms with Gasteiger partial charge in [0.2, 0.25) is 0 Å². The van der Waals surface area contributed by atoms with Gasteiger partial charge in [0, 0.05) is 5.56 Å². The number of allylic oxidation sites excluding steroid dienone is 2. The highest BCUT2D eigenvalue weighted by molar-refractivity contribution is 9.10. The van der Waals surface area contributed by atoms with E-state index in [1.54, 1.807) is 0 Å². The van der Waals surface area contributed by atoms with Crippen molar-refractivity contribution in [1.82, 2.24) is 0 Å². The van der Waals surface area contributed by atoms with Crippen molar-refractivity contribution in [2.75, 3.05) is 0 Å². The van der Waals surface area contributed by atoms with E-state index in [9.17, 15) is 22.4 Å². The van der Waals surface area contributed by atoms with Gasteiger partial charge in [-0.2, -0.15) is 13.2 Å². The van der Waals surface area contributed by atoms with Gasteiger partial charge in [0.25, 0.3) is 0 Å². The molecular formula is C16H6BrCl3F4O. The highest BCUT2D eigenvalue weighted by atomic mass is 79.9. The zero-order valence-corrected chi connectivity index (χ0v) is 15.7. The van der Waals surface area contributed by atoms with E-state index in [-0.39, 0.29) is 25.1 Å². The Morgan fingerprint density at radius 1 is 1.00 bits per heavy atom. The molecule has 0 atom stereocenters. The minimum Gasteiger partial charge on any atom is -0.289 e. The maximum Gasteiger partial charge on any atom is 0.417 e. The van der Waals surface area contributed by atoms with Gasteiger partial charge >= 0.3 is 6.18 Å². The summed E-state index contributed by atoms with van der Waals surface area (Å²) in [5.74, 6) is -1.61. The maximum atomic E-state index is 13.4. The number of benzene rings is 2. The zero-order chi connectivity index (χ0) is 18.9. The molecule has 1 nitrogen and oxygen atoms in total. The van der Waals surface area contributed by atoms with E-state index in [0.717, 1.165) is 30.3 Å². The number of carbonyl (C=O) groups is 1. The van der Waals surface area contributed by atoms with Crippen molar-refractivity contribution in [1.29, 1.82) is 0 Å². The molecule has 0 aliphatic heterocycles. The fourth-order valence-corrected chi connectivity index (χ4v) is 2.88. The Kier molecular flexibility index (Phi) is 6.20. The van der Waals surface area contributed by atoms with E-state index in [1.165, 1.54) is 0 Å². The molecule has 0 saturated carbocycles. The average molecular weight is 476 g/mol. The van der Waals surface area contributed by atoms with Crippen molar-refractivity contribution in [2.45, 2.75) is 6.18 Å². The van der Waals surface area contributed by atoms with E-state index in [1.807, 2.05) is 0 Å². The molecule has 0 radical (unpaired) electrons. The third-order valence-electron chi connectivity index (χ3n) is 3.08. The molecular weight excluding hydrogens is 470 g/mol. The van der Waals surface area contributed by atoms with Crippen LogP contribution in [0.2, 0.25) is 15.1 Å². The molecule has 25 heavy (non-hydrogen) atoms. The van der Waals surface area contributed by atoms with Gasteiger partial charge in [0.05, 0.1) is 25.1 Å². The second-order valence-corrected chi connectivity index (χ2v) is 6.85. The molecule has 0 amide bonds. The Labute approximate surface area is 163 Å². The molecule has 0 aromatic heterocycles. The van der Waals surface area contributed by atoms with E-state index in [0.29, 0.717) is 6.08 Å². The summed E-state index contributed by atoms with van der Waals surface area (Å²) in [5.41, 5.74) is -1.79. The lowest BCUT2D eigenvalue weighted by molar-refractivity contribution is -0.0689. The van der Waals surface area contributed by atoms with E-state index in [2.05, 4.69) is 15.9 Å². The van der Waals surface area contributed by atoms with Crippen LogP contribution >= 0.6 is 50.7 Å². The third kappa shape index (κ3) is 4.76. The first-order valence-electron chi connectivity index (χ1n) is 6.44. The van der Waals surface area contributed by atoms with E-state index in [4.69, 9.17) is 34.8 Å². The monoisotopic (exact) mass is 474 g/mol. The smallest absolute Gasteiger partial charge is 0.289 e. The first kappa shape index (κ1) is 20.2. The second-order valence-electron chi connectivity index (χ2n) is 4.80. The summed E-state index contributed by atoms with van der Waals surface area (Å²) in [5, 5.41) is -0.463. The predicted octanol–water partition coefficient (Wildman–Crippen LogP) is 7.38. The van der Waals surface area contributed by atoms with E-state index < -0.39 is 28.9 Å². The van der Waals surface area contributed by atoms with Gasteiger partial charge in [-0.15, -0.1) is 0 Å². The minimum atomic E-state index is -4.85. The molecule has 2 rings (SSSR count). The summed E-state index contributed by atoms with van der Waals surface area (Å²) in [7, 11) is 0. The van der Waals surface area contributed by atoms with Crippen molar-refractivity contribution in [2.24, 2.45) is 0 Å². The van der Waals surface area contributed by atoms with Crippen molar-refractivity contribution in [3.63, 3.8) is 0 Å². The Morgan fingerprint density at radius 3 is 2.04 bits per heavy atom. The van der Waals surface area contributed by atoms with Crippen molar-refractivity contribution in [3.05, 3.63) is 72.9 Å². The molecule has 0 aliphatic carbocycles. The van der Waals surface area contributed by atoms with Crippen LogP contribution in [-0.4, -0.2) is 12.0 Å². The molecule has 9 heteroatoms. The summed E-state index contributed by atoms with van der Waals surface area (Å²) >= 11 is 20.1. The fourth-order valence-electron chi connectivity index (χ4n) is 1.90. The zero-order valence-electron chi connectivity index (χ0n) is 11.9. The van der Waals surface area contributed by atoms with Crippen LogP contribution in [0, 0.1) is 5.82 Å². The summed E-state index contributed by atoms with van der Waals surface area (Å²) in [6.07, 6.45) is -4.46. The lowest BCUT2D eigenvalue weighted by Crippen LogP contribution is -2.13. The van der Waals surface area contributed by atoms with Crippen LogP contribution in [0.15, 0.2) is 40.9 Å². The summed E-state index contributed by atoms with van der Waals surface area (Å²) in [6, 6.07) is 5.05. The first-order chi connectivity index (χ1) is 11.5. The largest absolute Gasteiger partial charge is 0.417 e. The number of carbonyl (C=O) groups excluding carboxylic acids is 1. The van der Waals surface area contributed by atoms with Crippen LogP contribution in [0.3, 0.4) is 0 Å². The van der Waals surface area contributed by atoms with Crippen LogP contribution < -0.4 is 0 Å². The van der Waals surface area contributed by atoms with Gasteiger partial charge in [-0.05, 0) is 57.9 Å². The molecule has 0 aliphatic rings. The number of rotatable bonds is 3. The molecule has 0 bridgehead atoms. The van der Waals surface area contributed by atoms with Gasteiger partial charge in [-0.1, -0.05) is 34.8 Å². The van der Waals surface area contributed by atoms with Gasteiger partial charge in [0.15, 0.2) is 5.78 Å². The lowest BCUT2D eigenvalue weighted by atomic mass is 10.0. The van der Waals surface area contributed by atoms with Crippen LogP contribution in [0.4, 0.5) is 17.6 Å². The lowest BCUT2D eigenvalue weighted by Gasteiger charge is -2.13. The van der Waals surface area contributed by atoms with Gasteiger partial charge < -0.3 is 0 Å². The quantitative estimate of drug-likeness (QED) is 0.196. The molecule has 2 aromatic rings. The molecule has 2 aromatic carbocycles. The highest BCUT2D eigenvalue weighted by Crippen LogP contribution is 2.39. The maximum absolute atomic E-state index is 13.4. The number of alkyl halides is 3. The normalized spacial score (nSPS) is 12.4. The Balaban J connectivity index is 2.56. The second kappa shape index (κ2) is 7.66.